The van der Waals surface area contributed by atoms with Crippen molar-refractivity contribution in [1.82, 2.24) is 4.98 Å². The van der Waals surface area contributed by atoms with Crippen LogP contribution in [0.4, 0.5) is 5.69 Å². The van der Waals surface area contributed by atoms with E-state index in [9.17, 15) is 9.90 Å². The van der Waals surface area contributed by atoms with Gasteiger partial charge in [0.25, 0.3) is 0 Å². The third-order valence-electron chi connectivity index (χ3n) is 2.29. The van der Waals surface area contributed by atoms with Gasteiger partial charge < -0.3 is 21.1 Å². The molecule has 0 aliphatic rings. The highest BCUT2D eigenvalue weighted by Gasteiger charge is 2.08. The number of hydrogen-bond donors (Lipinski definition) is 4. The Balaban J connectivity index is 2.29. The fraction of sp³-hybridized carbons (Fsp3) is 0.182. The predicted octanol–water partition coefficient (Wildman–Crippen LogP) is 1.16. The number of aromatic hydroxyl groups is 1. The smallest absolute Gasteiger partial charge is 0.240 e. The molecule has 0 spiro atoms. The molecule has 1 heterocycles. The van der Waals surface area contributed by atoms with Gasteiger partial charge >= 0.3 is 0 Å². The first-order valence-electron chi connectivity index (χ1n) is 4.94. The van der Waals surface area contributed by atoms with E-state index in [1.807, 2.05) is 0 Å². The van der Waals surface area contributed by atoms with E-state index in [4.69, 9.17) is 5.73 Å². The maximum absolute atomic E-state index is 11.4. The van der Waals surface area contributed by atoms with Crippen LogP contribution >= 0.6 is 0 Å². The van der Waals surface area contributed by atoms with Crippen molar-refractivity contribution in [3.8, 4) is 5.88 Å². The van der Waals surface area contributed by atoms with Crippen molar-refractivity contribution < 1.29 is 9.90 Å². The molecular weight excluding hydrogens is 206 g/mol. The predicted molar refractivity (Wildman–Crippen MR) is 62.2 cm³/mol. The number of hydrogen-bond acceptors (Lipinski definition) is 3. The lowest BCUT2D eigenvalue weighted by Crippen LogP contribution is -2.32. The molecule has 2 aromatic rings. The van der Waals surface area contributed by atoms with Crippen LogP contribution in [0.1, 0.15) is 6.92 Å². The Morgan fingerprint density at radius 3 is 2.94 bits per heavy atom. The van der Waals surface area contributed by atoms with E-state index in [1.165, 1.54) is 0 Å². The lowest BCUT2D eigenvalue weighted by molar-refractivity contribution is -0.117. The van der Waals surface area contributed by atoms with Crippen LogP contribution in [0.15, 0.2) is 24.3 Å². The Bertz CT molecular complexity index is 531. The third-order valence-corrected chi connectivity index (χ3v) is 2.29. The minimum absolute atomic E-state index is 0.102. The Morgan fingerprint density at radius 1 is 1.50 bits per heavy atom. The van der Waals surface area contributed by atoms with Crippen LogP contribution in [0.25, 0.3) is 10.9 Å². The van der Waals surface area contributed by atoms with Gasteiger partial charge in [-0.1, -0.05) is 0 Å². The molecule has 0 saturated carbocycles. The van der Waals surface area contributed by atoms with Crippen LogP contribution in [-0.4, -0.2) is 22.0 Å². The summed E-state index contributed by atoms with van der Waals surface area (Å²) in [6, 6.07) is 6.35. The van der Waals surface area contributed by atoms with Crippen molar-refractivity contribution in [2.24, 2.45) is 5.73 Å². The van der Waals surface area contributed by atoms with E-state index in [2.05, 4.69) is 10.3 Å². The first kappa shape index (κ1) is 10.5. The van der Waals surface area contributed by atoms with Gasteiger partial charge in [0.1, 0.15) is 0 Å². The number of benzene rings is 1. The molecule has 1 aromatic carbocycles. The molecule has 5 heteroatoms. The number of carbonyl (C=O) groups is 1. The summed E-state index contributed by atoms with van der Waals surface area (Å²) in [5.41, 5.74) is 6.92. The molecule has 1 aromatic heterocycles. The zero-order chi connectivity index (χ0) is 11.7. The minimum Gasteiger partial charge on any atom is -0.495 e. The van der Waals surface area contributed by atoms with Gasteiger partial charge in [-0.2, -0.15) is 0 Å². The lowest BCUT2D eigenvalue weighted by Gasteiger charge is -2.07. The van der Waals surface area contributed by atoms with Crippen molar-refractivity contribution >= 4 is 22.5 Å². The number of aromatic nitrogens is 1. The summed E-state index contributed by atoms with van der Waals surface area (Å²) in [6.45, 7) is 1.62. The number of rotatable bonds is 2. The van der Waals surface area contributed by atoms with Crippen LogP contribution in [0.5, 0.6) is 5.88 Å². The van der Waals surface area contributed by atoms with E-state index in [-0.39, 0.29) is 11.8 Å². The molecule has 16 heavy (non-hydrogen) atoms. The second kappa shape index (κ2) is 3.86. The Morgan fingerprint density at radius 2 is 2.25 bits per heavy atom. The second-order valence-electron chi connectivity index (χ2n) is 3.73. The van der Waals surface area contributed by atoms with Crippen molar-refractivity contribution in [1.29, 1.82) is 0 Å². The average Bonchev–Trinajstić information content (AvgIpc) is 2.57. The van der Waals surface area contributed by atoms with Crippen molar-refractivity contribution in [3.63, 3.8) is 0 Å². The summed E-state index contributed by atoms with van der Waals surface area (Å²) in [7, 11) is 0. The summed E-state index contributed by atoms with van der Waals surface area (Å²) in [4.78, 5) is 14.1. The van der Waals surface area contributed by atoms with Gasteiger partial charge in [0.2, 0.25) is 5.91 Å². The van der Waals surface area contributed by atoms with Gasteiger partial charge in [-0.15, -0.1) is 0 Å². The average molecular weight is 219 g/mol. The fourth-order valence-electron chi connectivity index (χ4n) is 1.45. The van der Waals surface area contributed by atoms with Crippen molar-refractivity contribution in [2.75, 3.05) is 5.32 Å². The van der Waals surface area contributed by atoms with Gasteiger partial charge in [0.05, 0.1) is 6.04 Å². The molecule has 0 fully saturated rings. The maximum atomic E-state index is 11.4. The van der Waals surface area contributed by atoms with Gasteiger partial charge in [-0.25, -0.2) is 0 Å². The molecule has 0 aliphatic carbocycles. The molecule has 2 rings (SSSR count). The molecule has 0 bridgehead atoms. The van der Waals surface area contributed by atoms with Gasteiger partial charge in [-0.05, 0) is 25.1 Å². The monoisotopic (exact) mass is 219 g/mol. The van der Waals surface area contributed by atoms with E-state index in [0.717, 1.165) is 10.9 Å². The highest BCUT2D eigenvalue weighted by Crippen LogP contribution is 2.22. The van der Waals surface area contributed by atoms with Crippen molar-refractivity contribution in [2.45, 2.75) is 13.0 Å². The summed E-state index contributed by atoms with van der Waals surface area (Å²) in [5.74, 6) is -0.134. The molecular formula is C11H13N3O2. The van der Waals surface area contributed by atoms with E-state index >= 15 is 0 Å². The second-order valence-corrected chi connectivity index (χ2v) is 3.73. The normalized spacial score (nSPS) is 12.6. The first-order valence-corrected chi connectivity index (χ1v) is 4.94. The largest absolute Gasteiger partial charge is 0.495 e. The zero-order valence-corrected chi connectivity index (χ0v) is 8.82. The van der Waals surface area contributed by atoms with Gasteiger partial charge in [0.15, 0.2) is 5.88 Å². The molecule has 0 unspecified atom stereocenters. The van der Waals surface area contributed by atoms with Gasteiger partial charge in [0, 0.05) is 22.7 Å². The fourth-order valence-corrected chi connectivity index (χ4v) is 1.45. The van der Waals surface area contributed by atoms with Crippen molar-refractivity contribution in [3.05, 3.63) is 24.3 Å². The van der Waals surface area contributed by atoms with Crippen LogP contribution < -0.4 is 11.1 Å². The summed E-state index contributed by atoms with van der Waals surface area (Å²) < 4.78 is 0. The van der Waals surface area contributed by atoms with Crippen LogP contribution in [0.2, 0.25) is 0 Å². The summed E-state index contributed by atoms with van der Waals surface area (Å²) in [6.07, 6.45) is 0. The third kappa shape index (κ3) is 1.99. The SMILES string of the molecule is C[C@H](N)C(=O)Nc1ccc2[nH]c(O)cc2c1. The highest BCUT2D eigenvalue weighted by atomic mass is 16.3. The number of anilines is 1. The standard InChI is InChI=1S/C11H13N3O2/c1-6(12)11(16)13-8-2-3-9-7(4-8)5-10(15)14-9/h2-6,14-15H,12H2,1H3,(H,13,16)/t6-/m0/s1. The van der Waals surface area contributed by atoms with Crippen LogP contribution in [-0.2, 0) is 4.79 Å². The number of carbonyl (C=O) groups excluding carboxylic acids is 1. The Hall–Kier alpha value is -2.01. The summed E-state index contributed by atoms with van der Waals surface area (Å²) in [5, 5.41) is 12.8. The highest BCUT2D eigenvalue weighted by molar-refractivity contribution is 5.96. The lowest BCUT2D eigenvalue weighted by atomic mass is 10.2. The number of aromatic amines is 1. The number of nitrogens with one attached hydrogen (secondary N) is 2. The Labute approximate surface area is 92.3 Å². The number of nitrogens with two attached hydrogens (primary N) is 1. The number of fused-ring (bicyclic) bond motifs is 1. The molecule has 84 valence electrons. The molecule has 5 nitrogen and oxygen atoms in total. The Kier molecular flexibility index (Phi) is 2.54. The molecule has 0 aliphatic heterocycles. The van der Waals surface area contributed by atoms with Crippen LogP contribution in [0.3, 0.4) is 0 Å². The molecule has 0 saturated heterocycles. The first-order chi connectivity index (χ1) is 7.56. The van der Waals surface area contributed by atoms with E-state index in [1.54, 1.807) is 31.2 Å². The van der Waals surface area contributed by atoms with E-state index in [0.29, 0.717) is 5.69 Å². The zero-order valence-electron chi connectivity index (χ0n) is 8.82. The topological polar surface area (TPSA) is 91.1 Å². The molecule has 0 radical (unpaired) electrons. The molecule has 5 N–H and O–H groups in total. The maximum Gasteiger partial charge on any atom is 0.240 e. The van der Waals surface area contributed by atoms with E-state index < -0.39 is 6.04 Å². The van der Waals surface area contributed by atoms with Gasteiger partial charge in [-0.3, -0.25) is 4.79 Å². The molecule has 1 atom stereocenters. The molecule has 1 amide bonds. The number of H-pyrrole nitrogens is 1. The van der Waals surface area contributed by atoms with Crippen LogP contribution in [0, 0.1) is 0 Å². The summed E-state index contributed by atoms with van der Waals surface area (Å²) >= 11 is 0. The minimum atomic E-state index is -0.546. The number of amides is 1. The quantitative estimate of drug-likeness (QED) is 0.610.